The molecule has 1 N–H and O–H groups in total. The third-order valence-corrected chi connectivity index (χ3v) is 7.68. The number of hydrogen-bond acceptors (Lipinski definition) is 4. The van der Waals surface area contributed by atoms with Gasteiger partial charge in [-0.1, -0.05) is 42.5 Å². The molecule has 0 bridgehead atoms. The Hall–Kier alpha value is -3.42. The topological polar surface area (TPSA) is 79.5 Å². The van der Waals surface area contributed by atoms with Gasteiger partial charge in [-0.15, -0.1) is 0 Å². The third kappa shape index (κ3) is 4.69. The highest BCUT2D eigenvalue weighted by Gasteiger charge is 2.26. The SMILES string of the molecule is COc1ccc(CN(Cc2cc3ccc(C)c(C)c3[nH]c2=O)S(=O)(=O)c2ccccc2)cc1. The van der Waals surface area contributed by atoms with E-state index < -0.39 is 10.0 Å². The Balaban J connectivity index is 1.77. The monoisotopic (exact) mass is 462 g/mol. The number of H-pyrrole nitrogens is 1. The van der Waals surface area contributed by atoms with Crippen molar-refractivity contribution in [3.63, 3.8) is 0 Å². The maximum absolute atomic E-state index is 13.5. The van der Waals surface area contributed by atoms with Crippen LogP contribution in [-0.4, -0.2) is 24.8 Å². The molecule has 7 heteroatoms. The van der Waals surface area contributed by atoms with Gasteiger partial charge in [0.1, 0.15) is 5.75 Å². The summed E-state index contributed by atoms with van der Waals surface area (Å²) in [7, 11) is -2.27. The van der Waals surface area contributed by atoms with Gasteiger partial charge in [0.15, 0.2) is 0 Å². The lowest BCUT2D eigenvalue weighted by atomic mass is 10.0. The van der Waals surface area contributed by atoms with Crippen LogP contribution in [0.25, 0.3) is 10.9 Å². The van der Waals surface area contributed by atoms with E-state index in [2.05, 4.69) is 4.98 Å². The fraction of sp³-hybridized carbons (Fsp3) is 0.192. The molecule has 0 saturated carbocycles. The number of sulfonamides is 1. The number of ether oxygens (including phenoxy) is 1. The molecule has 4 rings (SSSR count). The fourth-order valence-electron chi connectivity index (χ4n) is 3.78. The Labute approximate surface area is 193 Å². The first kappa shape index (κ1) is 22.8. The average Bonchev–Trinajstić information content (AvgIpc) is 2.83. The molecule has 1 aromatic heterocycles. The van der Waals surface area contributed by atoms with Crippen molar-refractivity contribution in [3.8, 4) is 5.75 Å². The quantitative estimate of drug-likeness (QED) is 0.437. The number of aromatic nitrogens is 1. The van der Waals surface area contributed by atoms with Crippen molar-refractivity contribution < 1.29 is 13.2 Å². The molecule has 0 spiro atoms. The Kier molecular flexibility index (Phi) is 6.35. The van der Waals surface area contributed by atoms with Crippen molar-refractivity contribution in [1.29, 1.82) is 0 Å². The number of nitrogens with zero attached hydrogens (tertiary/aromatic N) is 1. The van der Waals surface area contributed by atoms with E-state index in [0.717, 1.165) is 27.6 Å². The zero-order chi connectivity index (χ0) is 23.6. The summed E-state index contributed by atoms with van der Waals surface area (Å²) >= 11 is 0. The second-order valence-corrected chi connectivity index (χ2v) is 9.97. The fourth-order valence-corrected chi connectivity index (χ4v) is 5.21. The van der Waals surface area contributed by atoms with E-state index in [1.807, 2.05) is 38.1 Å². The molecule has 0 aliphatic heterocycles. The van der Waals surface area contributed by atoms with Gasteiger partial charge < -0.3 is 9.72 Å². The summed E-state index contributed by atoms with van der Waals surface area (Å²) in [6.45, 7) is 4.01. The molecule has 3 aromatic carbocycles. The Morgan fingerprint density at radius 3 is 2.27 bits per heavy atom. The molecule has 0 amide bonds. The molecule has 0 atom stereocenters. The van der Waals surface area contributed by atoms with E-state index in [1.54, 1.807) is 55.6 Å². The van der Waals surface area contributed by atoms with Gasteiger partial charge in [-0.2, -0.15) is 4.31 Å². The van der Waals surface area contributed by atoms with Gasteiger partial charge in [-0.05, 0) is 66.3 Å². The van der Waals surface area contributed by atoms with Crippen molar-refractivity contribution in [3.05, 3.63) is 105 Å². The number of fused-ring (bicyclic) bond motifs is 1. The second-order valence-electron chi connectivity index (χ2n) is 8.03. The summed E-state index contributed by atoms with van der Waals surface area (Å²) < 4.78 is 33.6. The molecule has 6 nitrogen and oxygen atoms in total. The Morgan fingerprint density at radius 2 is 1.61 bits per heavy atom. The number of hydrogen-bond donors (Lipinski definition) is 1. The second kappa shape index (κ2) is 9.21. The van der Waals surface area contributed by atoms with Gasteiger partial charge in [0.25, 0.3) is 5.56 Å². The maximum atomic E-state index is 13.5. The highest BCUT2D eigenvalue weighted by molar-refractivity contribution is 7.89. The van der Waals surface area contributed by atoms with Gasteiger partial charge in [0, 0.05) is 18.7 Å². The highest BCUT2D eigenvalue weighted by Crippen LogP contribution is 2.24. The van der Waals surface area contributed by atoms with Crippen LogP contribution in [0, 0.1) is 13.8 Å². The van der Waals surface area contributed by atoms with Gasteiger partial charge in [-0.3, -0.25) is 4.79 Å². The molecule has 0 aliphatic carbocycles. The van der Waals surface area contributed by atoms with E-state index >= 15 is 0 Å². The van der Waals surface area contributed by atoms with E-state index in [4.69, 9.17) is 4.74 Å². The summed E-state index contributed by atoms with van der Waals surface area (Å²) in [5, 5.41) is 0.870. The normalized spacial score (nSPS) is 11.8. The van der Waals surface area contributed by atoms with Crippen LogP contribution in [0.15, 0.2) is 82.5 Å². The van der Waals surface area contributed by atoms with Crippen molar-refractivity contribution in [2.24, 2.45) is 0 Å². The number of nitrogens with one attached hydrogen (secondary N) is 1. The summed E-state index contributed by atoms with van der Waals surface area (Å²) in [4.78, 5) is 16.1. The average molecular weight is 463 g/mol. The van der Waals surface area contributed by atoms with Crippen LogP contribution in [0.2, 0.25) is 0 Å². The predicted octanol–water partition coefficient (Wildman–Crippen LogP) is 4.54. The van der Waals surface area contributed by atoms with Gasteiger partial charge in [0.05, 0.1) is 17.5 Å². The number of aromatic amines is 1. The predicted molar refractivity (Wildman–Crippen MR) is 130 cm³/mol. The number of aryl methyl sites for hydroxylation is 2. The number of rotatable bonds is 7. The molecule has 4 aromatic rings. The standard InChI is InChI=1S/C26H26N2O4S/c1-18-9-12-21-15-22(26(29)27-25(21)19(18)2)17-28(16-20-10-13-23(32-3)14-11-20)33(30,31)24-7-5-4-6-8-24/h4-15H,16-17H2,1-3H3,(H,27,29). The number of methoxy groups -OCH3 is 1. The minimum Gasteiger partial charge on any atom is -0.497 e. The van der Waals surface area contributed by atoms with Gasteiger partial charge in [-0.25, -0.2) is 8.42 Å². The van der Waals surface area contributed by atoms with Crippen molar-refractivity contribution in [1.82, 2.24) is 9.29 Å². The molecule has 0 aliphatic rings. The molecule has 170 valence electrons. The zero-order valence-electron chi connectivity index (χ0n) is 18.8. The van der Waals surface area contributed by atoms with Crippen LogP contribution in [-0.2, 0) is 23.1 Å². The molecule has 33 heavy (non-hydrogen) atoms. The van der Waals surface area contributed by atoms with E-state index in [9.17, 15) is 13.2 Å². The number of benzene rings is 3. The first-order chi connectivity index (χ1) is 15.8. The van der Waals surface area contributed by atoms with Crippen LogP contribution < -0.4 is 10.3 Å². The van der Waals surface area contributed by atoms with E-state index in [0.29, 0.717) is 11.3 Å². The lowest BCUT2D eigenvalue weighted by molar-refractivity contribution is 0.398. The Morgan fingerprint density at radius 1 is 0.909 bits per heavy atom. The van der Waals surface area contributed by atoms with Gasteiger partial charge >= 0.3 is 0 Å². The molecule has 0 saturated heterocycles. The smallest absolute Gasteiger partial charge is 0.252 e. The largest absolute Gasteiger partial charge is 0.497 e. The van der Waals surface area contributed by atoms with Crippen LogP contribution in [0.4, 0.5) is 0 Å². The number of pyridine rings is 1. The van der Waals surface area contributed by atoms with Crippen molar-refractivity contribution >= 4 is 20.9 Å². The molecule has 0 fully saturated rings. The van der Waals surface area contributed by atoms with Gasteiger partial charge in [0.2, 0.25) is 10.0 Å². The Bertz CT molecular complexity index is 1440. The lowest BCUT2D eigenvalue weighted by Gasteiger charge is -2.22. The van der Waals surface area contributed by atoms with E-state index in [-0.39, 0.29) is 23.5 Å². The summed E-state index contributed by atoms with van der Waals surface area (Å²) in [6, 6.07) is 21.2. The van der Waals surface area contributed by atoms with Crippen molar-refractivity contribution in [2.75, 3.05) is 7.11 Å². The van der Waals surface area contributed by atoms with Crippen LogP contribution in [0.5, 0.6) is 5.75 Å². The van der Waals surface area contributed by atoms with Crippen LogP contribution in [0.3, 0.4) is 0 Å². The third-order valence-electron chi connectivity index (χ3n) is 5.87. The first-order valence-corrected chi connectivity index (χ1v) is 12.0. The molecular formula is C26H26N2O4S. The van der Waals surface area contributed by atoms with E-state index in [1.165, 1.54) is 4.31 Å². The molecule has 1 heterocycles. The zero-order valence-corrected chi connectivity index (χ0v) is 19.6. The molecule has 0 radical (unpaired) electrons. The molecular weight excluding hydrogens is 436 g/mol. The summed E-state index contributed by atoms with van der Waals surface area (Å²) in [5.41, 5.74) is 3.75. The minimum absolute atomic E-state index is 0.0541. The van der Waals surface area contributed by atoms with Crippen LogP contribution >= 0.6 is 0 Å². The highest BCUT2D eigenvalue weighted by atomic mass is 32.2. The van der Waals surface area contributed by atoms with Crippen molar-refractivity contribution in [2.45, 2.75) is 31.8 Å². The molecule has 0 unspecified atom stereocenters. The lowest BCUT2D eigenvalue weighted by Crippen LogP contribution is -2.32. The summed E-state index contributed by atoms with van der Waals surface area (Å²) in [6.07, 6.45) is 0. The van der Waals surface area contributed by atoms with Crippen LogP contribution in [0.1, 0.15) is 22.3 Å². The summed E-state index contributed by atoms with van der Waals surface area (Å²) in [5.74, 6) is 0.688. The first-order valence-electron chi connectivity index (χ1n) is 10.6. The minimum atomic E-state index is -3.85. The maximum Gasteiger partial charge on any atom is 0.252 e.